The van der Waals surface area contributed by atoms with Gasteiger partial charge >= 0.3 is 0 Å². The Labute approximate surface area is 82.0 Å². The second-order valence-electron chi connectivity index (χ2n) is 1.44. The fourth-order valence-electron chi connectivity index (χ4n) is 0.407. The molecule has 0 nitrogen and oxygen atoms in total. The largest absolute Gasteiger partial charge is 0.122 e. The van der Waals surface area contributed by atoms with Crippen molar-refractivity contribution in [3.8, 4) is 0 Å². The van der Waals surface area contributed by atoms with Crippen molar-refractivity contribution >= 4 is 23.2 Å². The van der Waals surface area contributed by atoms with Crippen LogP contribution in [0.1, 0.15) is 22.1 Å². The van der Waals surface area contributed by atoms with E-state index in [1.807, 2.05) is 0 Å². The molecule has 0 unspecified atom stereocenters. The molecular weight excluding hydrogens is 167 g/mol. The monoisotopic (exact) mass is 182 g/mol. The van der Waals surface area contributed by atoms with Gasteiger partial charge in [-0.15, -0.1) is 23.2 Å². The van der Waals surface area contributed by atoms with Gasteiger partial charge in [-0.2, -0.15) is 0 Å². The van der Waals surface area contributed by atoms with Gasteiger partial charge in [0.1, 0.15) is 0 Å². The topological polar surface area (TPSA) is 0 Å². The van der Waals surface area contributed by atoms with Gasteiger partial charge in [-0.25, -0.2) is 0 Å². The van der Waals surface area contributed by atoms with Gasteiger partial charge < -0.3 is 0 Å². The lowest BCUT2D eigenvalue weighted by Gasteiger charge is -1.95. The summed E-state index contributed by atoms with van der Waals surface area (Å²) in [6.45, 7) is 0. The van der Waals surface area contributed by atoms with Crippen LogP contribution in [-0.4, -0.2) is 0 Å². The number of rotatable bonds is 2. The third-order valence-electron chi connectivity index (χ3n) is 0.814. The van der Waals surface area contributed by atoms with Crippen LogP contribution in [0.5, 0.6) is 0 Å². The molecule has 0 aliphatic rings. The van der Waals surface area contributed by atoms with Crippen molar-refractivity contribution in [3.05, 3.63) is 35.3 Å². The van der Waals surface area contributed by atoms with Gasteiger partial charge in [-0.05, 0) is 11.1 Å². The number of benzene rings is 1. The smallest absolute Gasteiger partial charge is 0.0626 e. The van der Waals surface area contributed by atoms with E-state index in [9.17, 15) is 0 Å². The second-order valence-corrected chi connectivity index (χ2v) is 1.82. The molecule has 0 atom stereocenters. The number of hydrogen-bond acceptors (Lipinski definition) is 0. The van der Waals surface area contributed by atoms with E-state index in [0.717, 1.165) is 0 Å². The lowest BCUT2D eigenvalue weighted by molar-refractivity contribution is 1.33. The van der Waals surface area contributed by atoms with E-state index >= 15 is 0 Å². The Balaban J connectivity index is 3.79. The van der Waals surface area contributed by atoms with Crippen LogP contribution in [0.2, 0.25) is 0 Å². The predicted octanol–water partition coefficient (Wildman–Crippen LogP) is 3.16. The molecule has 0 aliphatic heterocycles. The summed E-state index contributed by atoms with van der Waals surface area (Å²) < 4.78 is 59.4. The molecule has 0 bridgehead atoms. The van der Waals surface area contributed by atoms with Crippen molar-refractivity contribution in [1.82, 2.24) is 0 Å². The van der Waals surface area contributed by atoms with Gasteiger partial charge in [0.05, 0.1) is 5.48 Å². The maximum absolute atomic E-state index is 7.57. The highest BCUT2D eigenvalue weighted by atomic mass is 35.5. The van der Waals surface area contributed by atoms with Gasteiger partial charge in [0, 0.05) is 17.1 Å². The molecule has 54 valence electrons. The fraction of sp³-hybridized carbons (Fsp3) is 0.250. The second kappa shape index (κ2) is 3.85. The molecule has 0 saturated heterocycles. The Kier molecular flexibility index (Phi) is 0.921. The number of alkyl halides is 2. The summed E-state index contributed by atoms with van der Waals surface area (Å²) in [5.41, 5.74) is -1.27. The minimum absolute atomic E-state index is 0.635. The molecule has 0 heterocycles. The Morgan fingerprint density at radius 1 is 1.10 bits per heavy atom. The van der Waals surface area contributed by atoms with E-state index in [1.165, 1.54) is 0 Å². The quantitative estimate of drug-likeness (QED) is 0.617. The lowest BCUT2D eigenvalue weighted by atomic mass is 10.2. The van der Waals surface area contributed by atoms with E-state index in [4.69, 9.17) is 34.2 Å². The first kappa shape index (κ1) is 2.40. The maximum Gasteiger partial charge on any atom is 0.0626 e. The summed E-state index contributed by atoms with van der Waals surface area (Å²) in [6, 6.07) is -2.96. The van der Waals surface area contributed by atoms with Crippen molar-refractivity contribution in [2.24, 2.45) is 0 Å². The zero-order valence-electron chi connectivity index (χ0n) is 12.8. The zero-order valence-corrected chi connectivity index (χ0v) is 6.27. The standard InChI is InChI=1S/C8H8Cl2/c9-5-7-1-2-8(6-10)4-3-7/h1-4H,5-6H2/i1D,2D,3D,4D,5D2,6D2. The Bertz CT molecular complexity index is 413. The van der Waals surface area contributed by atoms with Crippen molar-refractivity contribution in [3.63, 3.8) is 0 Å². The first-order valence-corrected chi connectivity index (χ1v) is 3.13. The average molecular weight is 183 g/mol. The van der Waals surface area contributed by atoms with Gasteiger partial charge in [0.15, 0.2) is 0 Å². The third-order valence-corrected chi connectivity index (χ3v) is 1.19. The maximum atomic E-state index is 7.57. The molecule has 2 heteroatoms. The molecule has 10 heavy (non-hydrogen) atoms. The molecule has 1 rings (SSSR count). The van der Waals surface area contributed by atoms with E-state index in [0.29, 0.717) is 0 Å². The summed E-state index contributed by atoms with van der Waals surface area (Å²) in [5.74, 6) is -5.17. The van der Waals surface area contributed by atoms with E-state index in [-0.39, 0.29) is 0 Å². The summed E-state index contributed by atoms with van der Waals surface area (Å²) in [7, 11) is 0. The molecule has 1 aromatic rings. The molecule has 1 aromatic carbocycles. The number of halogens is 2. The van der Waals surface area contributed by atoms with E-state index < -0.39 is 47.0 Å². The molecule has 0 fully saturated rings. The van der Waals surface area contributed by atoms with Crippen molar-refractivity contribution in [2.45, 2.75) is 11.7 Å². The average Bonchev–Trinajstić information content (AvgIpc) is 2.10. The summed E-state index contributed by atoms with van der Waals surface area (Å²) in [5, 5.41) is 0. The highest BCUT2D eigenvalue weighted by Crippen LogP contribution is 2.08. The third kappa shape index (κ3) is 1.89. The first-order chi connectivity index (χ1) is 7.89. The van der Waals surface area contributed by atoms with Crippen molar-refractivity contribution in [2.75, 3.05) is 0 Å². The zero-order chi connectivity index (χ0) is 14.5. The predicted molar refractivity (Wildman–Crippen MR) is 45.6 cm³/mol. The van der Waals surface area contributed by atoms with E-state index in [1.54, 1.807) is 0 Å². The molecule has 0 saturated carbocycles. The highest BCUT2D eigenvalue weighted by Gasteiger charge is 1.90. The highest BCUT2D eigenvalue weighted by molar-refractivity contribution is 6.17. The van der Waals surface area contributed by atoms with Crippen LogP contribution in [0, 0.1) is 0 Å². The van der Waals surface area contributed by atoms with Crippen LogP contribution in [0.25, 0.3) is 0 Å². The first-order valence-electron chi connectivity index (χ1n) is 6.38. The summed E-state index contributed by atoms with van der Waals surface area (Å²) >= 11 is 10.8. The molecule has 0 N–H and O–H groups in total. The molecule has 0 amide bonds. The molecular formula is C8H8Cl2. The van der Waals surface area contributed by atoms with Crippen LogP contribution in [0.4, 0.5) is 0 Å². The Morgan fingerprint density at radius 2 is 1.40 bits per heavy atom. The fourth-order valence-corrected chi connectivity index (χ4v) is 0.596. The molecule has 0 spiro atoms. The Morgan fingerprint density at radius 3 is 1.60 bits per heavy atom. The van der Waals surface area contributed by atoms with Crippen LogP contribution >= 0.6 is 23.2 Å². The van der Waals surface area contributed by atoms with Crippen molar-refractivity contribution < 1.29 is 11.0 Å². The van der Waals surface area contributed by atoms with Crippen LogP contribution < -0.4 is 0 Å². The van der Waals surface area contributed by atoms with Gasteiger partial charge in [0.25, 0.3) is 0 Å². The lowest BCUT2D eigenvalue weighted by Crippen LogP contribution is -1.79. The molecule has 0 aliphatic carbocycles. The van der Waals surface area contributed by atoms with Gasteiger partial charge in [-0.1, -0.05) is 24.2 Å². The van der Waals surface area contributed by atoms with Gasteiger partial charge in [-0.3, -0.25) is 0 Å². The summed E-state index contributed by atoms with van der Waals surface area (Å²) in [4.78, 5) is 0. The van der Waals surface area contributed by atoms with Crippen LogP contribution in [-0.2, 0) is 11.7 Å². The van der Waals surface area contributed by atoms with Crippen LogP contribution in [0.15, 0.2) is 24.2 Å². The SMILES string of the molecule is [2H]c1c([2H])c(C([2H])([2H])Cl)c([2H])c([2H])c1C([2H])([2H])Cl. The molecule has 0 aromatic heterocycles. The van der Waals surface area contributed by atoms with E-state index in [2.05, 4.69) is 0 Å². The minimum atomic E-state index is -2.59. The number of hydrogen-bond donors (Lipinski definition) is 0. The normalized spacial score (nSPS) is 24.2. The Hall–Kier alpha value is -0.200. The summed E-state index contributed by atoms with van der Waals surface area (Å²) in [6.07, 6.45) is 0. The molecule has 0 radical (unpaired) electrons. The van der Waals surface area contributed by atoms with Crippen LogP contribution in [0.3, 0.4) is 0 Å². The van der Waals surface area contributed by atoms with Crippen molar-refractivity contribution in [1.29, 1.82) is 0 Å². The van der Waals surface area contributed by atoms with Gasteiger partial charge in [0.2, 0.25) is 0 Å². The minimum Gasteiger partial charge on any atom is -0.122 e.